The summed E-state index contributed by atoms with van der Waals surface area (Å²) in [4.78, 5) is 15.2. The third-order valence-corrected chi connectivity index (χ3v) is 6.03. The number of hydrogen-bond donors (Lipinski definition) is 1. The molecule has 1 atom stereocenters. The van der Waals surface area contributed by atoms with Gasteiger partial charge in [-0.25, -0.2) is 0 Å². The molecule has 2 aromatic rings. The molecule has 3 rings (SSSR count). The van der Waals surface area contributed by atoms with Crippen LogP contribution in [0.2, 0.25) is 0 Å². The van der Waals surface area contributed by atoms with Gasteiger partial charge in [0.1, 0.15) is 5.75 Å². The van der Waals surface area contributed by atoms with E-state index >= 15 is 0 Å². The van der Waals surface area contributed by atoms with Crippen molar-refractivity contribution in [2.24, 2.45) is 0 Å². The average molecular weight is 423 g/mol. The normalized spacial score (nSPS) is 16.4. The standard InChI is InChI=1S/C19H23BrN2O2S/c1-24-15-5-6-17(20)16(11-15)19(23)21-12-18(14-7-10-25-13-14)22-8-3-2-4-9-22/h5-7,10-11,13,18H,2-4,8-9,12H2,1H3,(H,21,23). The van der Waals surface area contributed by atoms with Gasteiger partial charge in [0.15, 0.2) is 0 Å². The highest BCUT2D eigenvalue weighted by molar-refractivity contribution is 9.10. The number of benzene rings is 1. The molecule has 1 amide bonds. The van der Waals surface area contributed by atoms with Crippen molar-refractivity contribution in [1.82, 2.24) is 10.2 Å². The predicted octanol–water partition coefficient (Wildman–Crippen LogP) is 4.48. The Hall–Kier alpha value is -1.37. The van der Waals surface area contributed by atoms with Crippen LogP contribution in [0.15, 0.2) is 39.5 Å². The summed E-state index contributed by atoms with van der Waals surface area (Å²) in [5, 5.41) is 7.41. The summed E-state index contributed by atoms with van der Waals surface area (Å²) in [6.45, 7) is 2.80. The van der Waals surface area contributed by atoms with Crippen molar-refractivity contribution in [2.45, 2.75) is 25.3 Å². The lowest BCUT2D eigenvalue weighted by atomic mass is 10.0. The van der Waals surface area contributed by atoms with Gasteiger partial charge in [0, 0.05) is 11.0 Å². The van der Waals surface area contributed by atoms with Crippen molar-refractivity contribution in [3.63, 3.8) is 0 Å². The van der Waals surface area contributed by atoms with Crippen LogP contribution in [0.5, 0.6) is 5.75 Å². The van der Waals surface area contributed by atoms with E-state index in [0.29, 0.717) is 17.9 Å². The zero-order valence-corrected chi connectivity index (χ0v) is 16.7. The number of thiophene rings is 1. The molecule has 1 aromatic carbocycles. The Labute approximate surface area is 161 Å². The summed E-state index contributed by atoms with van der Waals surface area (Å²) in [5.74, 6) is 0.599. The van der Waals surface area contributed by atoms with Crippen molar-refractivity contribution >= 4 is 33.2 Å². The lowest BCUT2D eigenvalue weighted by molar-refractivity contribution is 0.0923. The third-order valence-electron chi connectivity index (χ3n) is 4.63. The molecule has 25 heavy (non-hydrogen) atoms. The maximum absolute atomic E-state index is 12.7. The molecular weight excluding hydrogens is 400 g/mol. The summed E-state index contributed by atoms with van der Waals surface area (Å²) in [5.41, 5.74) is 1.89. The van der Waals surface area contributed by atoms with Crippen LogP contribution in [-0.2, 0) is 0 Å². The van der Waals surface area contributed by atoms with E-state index in [4.69, 9.17) is 4.74 Å². The molecule has 134 valence electrons. The van der Waals surface area contributed by atoms with Gasteiger partial charge in [-0.1, -0.05) is 6.42 Å². The third kappa shape index (κ3) is 4.63. The van der Waals surface area contributed by atoms with Gasteiger partial charge in [0.25, 0.3) is 5.91 Å². The second kappa shape index (κ2) is 8.83. The smallest absolute Gasteiger partial charge is 0.252 e. The number of likely N-dealkylation sites (tertiary alicyclic amines) is 1. The van der Waals surface area contributed by atoms with Gasteiger partial charge in [-0.05, 0) is 82.5 Å². The molecule has 1 aromatic heterocycles. The Bertz CT molecular complexity index is 699. The van der Waals surface area contributed by atoms with E-state index in [1.54, 1.807) is 24.5 Å². The SMILES string of the molecule is COc1ccc(Br)c(C(=O)NCC(c2ccsc2)N2CCCCC2)c1. The molecule has 1 fully saturated rings. The van der Waals surface area contributed by atoms with E-state index < -0.39 is 0 Å². The summed E-state index contributed by atoms with van der Waals surface area (Å²) >= 11 is 5.16. The number of piperidine rings is 1. The van der Waals surface area contributed by atoms with Crippen molar-refractivity contribution in [3.05, 3.63) is 50.6 Å². The van der Waals surface area contributed by atoms with Gasteiger partial charge in [0.2, 0.25) is 0 Å². The van der Waals surface area contributed by atoms with E-state index in [2.05, 4.69) is 43.0 Å². The molecule has 2 heterocycles. The van der Waals surface area contributed by atoms with Crippen LogP contribution in [-0.4, -0.2) is 37.6 Å². The highest BCUT2D eigenvalue weighted by atomic mass is 79.9. The van der Waals surface area contributed by atoms with E-state index in [9.17, 15) is 4.79 Å². The molecule has 1 unspecified atom stereocenters. The maximum Gasteiger partial charge on any atom is 0.252 e. The number of halogens is 1. The Morgan fingerprint density at radius 2 is 2.12 bits per heavy atom. The Morgan fingerprint density at radius 3 is 2.80 bits per heavy atom. The summed E-state index contributed by atoms with van der Waals surface area (Å²) in [7, 11) is 1.61. The number of rotatable bonds is 6. The monoisotopic (exact) mass is 422 g/mol. The highest BCUT2D eigenvalue weighted by Crippen LogP contribution is 2.27. The van der Waals surface area contributed by atoms with Gasteiger partial charge in [-0.3, -0.25) is 9.69 Å². The molecular formula is C19H23BrN2O2S. The maximum atomic E-state index is 12.7. The second-order valence-corrected chi connectivity index (χ2v) is 7.86. The largest absolute Gasteiger partial charge is 0.497 e. The topological polar surface area (TPSA) is 41.6 Å². The van der Waals surface area contributed by atoms with Crippen molar-refractivity contribution < 1.29 is 9.53 Å². The zero-order chi connectivity index (χ0) is 17.6. The Kier molecular flexibility index (Phi) is 6.51. The number of amides is 1. The van der Waals surface area contributed by atoms with Gasteiger partial charge >= 0.3 is 0 Å². The van der Waals surface area contributed by atoms with E-state index in [1.807, 2.05) is 12.1 Å². The molecule has 1 aliphatic rings. The molecule has 0 radical (unpaired) electrons. The zero-order valence-electron chi connectivity index (χ0n) is 14.3. The molecule has 1 saturated heterocycles. The fraction of sp³-hybridized carbons (Fsp3) is 0.421. The highest BCUT2D eigenvalue weighted by Gasteiger charge is 2.23. The van der Waals surface area contributed by atoms with Crippen molar-refractivity contribution in [3.8, 4) is 5.75 Å². The van der Waals surface area contributed by atoms with E-state index in [-0.39, 0.29) is 11.9 Å². The van der Waals surface area contributed by atoms with E-state index in [0.717, 1.165) is 17.6 Å². The molecule has 0 saturated carbocycles. The Morgan fingerprint density at radius 1 is 1.32 bits per heavy atom. The number of hydrogen-bond acceptors (Lipinski definition) is 4. The first kappa shape index (κ1) is 18.4. The summed E-state index contributed by atoms with van der Waals surface area (Å²) < 4.78 is 6.01. The van der Waals surface area contributed by atoms with Crippen LogP contribution in [0.1, 0.15) is 41.2 Å². The summed E-state index contributed by atoms with van der Waals surface area (Å²) in [6, 6.07) is 7.84. The van der Waals surface area contributed by atoms with Crippen LogP contribution in [0.3, 0.4) is 0 Å². The van der Waals surface area contributed by atoms with Crippen LogP contribution in [0, 0.1) is 0 Å². The molecule has 0 aliphatic carbocycles. The lowest BCUT2D eigenvalue weighted by Gasteiger charge is -2.34. The molecule has 0 bridgehead atoms. The first-order chi connectivity index (χ1) is 12.2. The number of nitrogens with one attached hydrogen (secondary N) is 1. The predicted molar refractivity (Wildman–Crippen MR) is 106 cm³/mol. The first-order valence-corrected chi connectivity index (χ1v) is 10.3. The second-order valence-electron chi connectivity index (χ2n) is 6.22. The van der Waals surface area contributed by atoms with Crippen LogP contribution in [0.4, 0.5) is 0 Å². The minimum Gasteiger partial charge on any atom is -0.497 e. The molecule has 4 nitrogen and oxygen atoms in total. The van der Waals surface area contributed by atoms with Crippen molar-refractivity contribution in [2.75, 3.05) is 26.7 Å². The minimum atomic E-state index is -0.0805. The van der Waals surface area contributed by atoms with Gasteiger partial charge in [0.05, 0.1) is 18.7 Å². The fourth-order valence-electron chi connectivity index (χ4n) is 3.24. The fourth-order valence-corrected chi connectivity index (χ4v) is 4.38. The molecule has 0 spiro atoms. The quantitative estimate of drug-likeness (QED) is 0.745. The number of carbonyl (C=O) groups excluding carboxylic acids is 1. The van der Waals surface area contributed by atoms with E-state index in [1.165, 1.54) is 24.8 Å². The number of carbonyl (C=O) groups is 1. The summed E-state index contributed by atoms with van der Waals surface area (Å²) in [6.07, 6.45) is 3.77. The minimum absolute atomic E-state index is 0.0805. The van der Waals surface area contributed by atoms with Crippen LogP contribution < -0.4 is 10.1 Å². The number of ether oxygens (including phenoxy) is 1. The number of nitrogens with zero attached hydrogens (tertiary/aromatic N) is 1. The first-order valence-electron chi connectivity index (χ1n) is 8.57. The molecule has 6 heteroatoms. The lowest BCUT2D eigenvalue weighted by Crippen LogP contribution is -2.40. The van der Waals surface area contributed by atoms with Crippen LogP contribution >= 0.6 is 27.3 Å². The van der Waals surface area contributed by atoms with Crippen molar-refractivity contribution in [1.29, 1.82) is 0 Å². The van der Waals surface area contributed by atoms with Gasteiger partial charge in [-0.2, -0.15) is 11.3 Å². The molecule has 1 N–H and O–H groups in total. The average Bonchev–Trinajstić information content (AvgIpc) is 3.17. The van der Waals surface area contributed by atoms with Gasteiger partial charge < -0.3 is 10.1 Å². The van der Waals surface area contributed by atoms with Crippen LogP contribution in [0.25, 0.3) is 0 Å². The molecule has 1 aliphatic heterocycles. The number of methoxy groups -OCH3 is 1. The Balaban J connectivity index is 1.71. The van der Waals surface area contributed by atoms with Gasteiger partial charge in [-0.15, -0.1) is 0 Å².